The molecule has 112 valence electrons. The van der Waals surface area contributed by atoms with Crippen LogP contribution in [0.25, 0.3) is 10.9 Å². The number of rotatable bonds is 3. The largest absolute Gasteiger partial charge is 0.357 e. The molecule has 0 aliphatic carbocycles. The van der Waals surface area contributed by atoms with Gasteiger partial charge in [-0.05, 0) is 36.8 Å². The monoisotopic (exact) mass is 284 g/mol. The molecule has 0 radical (unpaired) electrons. The van der Waals surface area contributed by atoms with Crippen molar-refractivity contribution in [3.63, 3.8) is 0 Å². The van der Waals surface area contributed by atoms with E-state index in [0.717, 1.165) is 41.6 Å². The van der Waals surface area contributed by atoms with E-state index in [1.54, 1.807) is 0 Å². The highest BCUT2D eigenvalue weighted by Gasteiger charge is 2.23. The van der Waals surface area contributed by atoms with Gasteiger partial charge in [-0.25, -0.2) is 4.98 Å². The standard InChI is InChI=1S/C17H24N4/c1-12(2)13-8-10-21(11-9-13)16-14-6-4-5-7-15(14)19-17(18-3)20-16/h4-7,12-13H,8-11H2,1-3H3,(H,18,19,20). The molecule has 2 heterocycles. The van der Waals surface area contributed by atoms with Crippen molar-refractivity contribution in [2.75, 3.05) is 30.4 Å². The third-order valence-corrected chi connectivity index (χ3v) is 4.59. The summed E-state index contributed by atoms with van der Waals surface area (Å²) in [6.07, 6.45) is 2.51. The lowest BCUT2D eigenvalue weighted by Crippen LogP contribution is -2.36. The zero-order valence-corrected chi connectivity index (χ0v) is 13.1. The SMILES string of the molecule is CNc1nc(N2CCC(C(C)C)CC2)c2ccccc2n1. The zero-order valence-electron chi connectivity index (χ0n) is 13.1. The highest BCUT2D eigenvalue weighted by molar-refractivity contribution is 5.90. The zero-order chi connectivity index (χ0) is 14.8. The molecule has 0 bridgehead atoms. The Balaban J connectivity index is 1.93. The quantitative estimate of drug-likeness (QED) is 0.936. The first-order valence-electron chi connectivity index (χ1n) is 7.88. The number of aromatic nitrogens is 2. The summed E-state index contributed by atoms with van der Waals surface area (Å²) in [5.41, 5.74) is 1.01. The maximum atomic E-state index is 4.72. The minimum absolute atomic E-state index is 0.703. The van der Waals surface area contributed by atoms with Crippen molar-refractivity contribution in [2.45, 2.75) is 26.7 Å². The minimum Gasteiger partial charge on any atom is -0.357 e. The maximum absolute atomic E-state index is 4.72. The van der Waals surface area contributed by atoms with E-state index in [9.17, 15) is 0 Å². The van der Waals surface area contributed by atoms with E-state index in [2.05, 4.69) is 47.2 Å². The highest BCUT2D eigenvalue weighted by Crippen LogP contribution is 2.31. The van der Waals surface area contributed by atoms with E-state index in [-0.39, 0.29) is 0 Å². The average Bonchev–Trinajstić information content (AvgIpc) is 2.53. The van der Waals surface area contributed by atoms with Gasteiger partial charge in [0.2, 0.25) is 5.95 Å². The van der Waals surface area contributed by atoms with Crippen LogP contribution in [0.5, 0.6) is 0 Å². The number of nitrogens with one attached hydrogen (secondary N) is 1. The Labute approximate surface area is 126 Å². The van der Waals surface area contributed by atoms with Gasteiger partial charge in [0.1, 0.15) is 5.82 Å². The van der Waals surface area contributed by atoms with Gasteiger partial charge in [-0.15, -0.1) is 0 Å². The number of fused-ring (bicyclic) bond motifs is 1. The number of benzene rings is 1. The lowest BCUT2D eigenvalue weighted by atomic mass is 9.86. The molecule has 1 aromatic heterocycles. The molecular formula is C17H24N4. The second-order valence-corrected chi connectivity index (χ2v) is 6.21. The lowest BCUT2D eigenvalue weighted by Gasteiger charge is -2.35. The van der Waals surface area contributed by atoms with E-state index in [4.69, 9.17) is 4.98 Å². The molecule has 0 amide bonds. The molecule has 4 heteroatoms. The third kappa shape index (κ3) is 2.80. The first-order valence-corrected chi connectivity index (χ1v) is 7.88. The summed E-state index contributed by atoms with van der Waals surface area (Å²) in [6.45, 7) is 6.85. The molecule has 21 heavy (non-hydrogen) atoms. The third-order valence-electron chi connectivity index (χ3n) is 4.59. The van der Waals surface area contributed by atoms with Gasteiger partial charge in [0.25, 0.3) is 0 Å². The van der Waals surface area contributed by atoms with Crippen molar-refractivity contribution < 1.29 is 0 Å². The summed E-state index contributed by atoms with van der Waals surface area (Å²) in [5, 5.41) is 4.23. The van der Waals surface area contributed by atoms with Gasteiger partial charge in [0.05, 0.1) is 5.52 Å². The van der Waals surface area contributed by atoms with Crippen LogP contribution in [0.15, 0.2) is 24.3 Å². The van der Waals surface area contributed by atoms with Crippen LogP contribution < -0.4 is 10.2 Å². The molecule has 1 aromatic carbocycles. The minimum atomic E-state index is 0.703. The van der Waals surface area contributed by atoms with Gasteiger partial charge in [-0.3, -0.25) is 0 Å². The first-order chi connectivity index (χ1) is 10.2. The summed E-state index contributed by atoms with van der Waals surface area (Å²) < 4.78 is 0. The van der Waals surface area contributed by atoms with Crippen LogP contribution in [-0.2, 0) is 0 Å². The molecule has 4 nitrogen and oxygen atoms in total. The Morgan fingerprint density at radius 3 is 2.52 bits per heavy atom. The van der Waals surface area contributed by atoms with E-state index in [1.165, 1.54) is 12.8 Å². The normalized spacial score (nSPS) is 16.7. The fourth-order valence-corrected chi connectivity index (χ4v) is 3.19. The van der Waals surface area contributed by atoms with Gasteiger partial charge in [0.15, 0.2) is 0 Å². The van der Waals surface area contributed by atoms with Crippen molar-refractivity contribution in [3.05, 3.63) is 24.3 Å². The summed E-state index contributed by atoms with van der Waals surface area (Å²) in [4.78, 5) is 11.7. The second-order valence-electron chi connectivity index (χ2n) is 6.21. The molecule has 0 unspecified atom stereocenters. The van der Waals surface area contributed by atoms with Gasteiger partial charge in [-0.1, -0.05) is 26.0 Å². The number of piperidine rings is 1. The summed E-state index contributed by atoms with van der Waals surface area (Å²) in [7, 11) is 1.87. The van der Waals surface area contributed by atoms with Gasteiger partial charge in [-0.2, -0.15) is 4.98 Å². The van der Waals surface area contributed by atoms with Crippen LogP contribution in [0, 0.1) is 11.8 Å². The first kappa shape index (κ1) is 14.1. The Kier molecular flexibility index (Phi) is 3.95. The van der Waals surface area contributed by atoms with Crippen LogP contribution in [0.1, 0.15) is 26.7 Å². The number of para-hydroxylation sites is 1. The topological polar surface area (TPSA) is 41.1 Å². The second kappa shape index (κ2) is 5.88. The molecule has 1 fully saturated rings. The van der Waals surface area contributed by atoms with Crippen molar-refractivity contribution in [3.8, 4) is 0 Å². The molecular weight excluding hydrogens is 260 g/mol. The number of anilines is 2. The van der Waals surface area contributed by atoms with Crippen molar-refractivity contribution in [1.82, 2.24) is 9.97 Å². The predicted octanol–water partition coefficient (Wildman–Crippen LogP) is 3.54. The van der Waals surface area contributed by atoms with Gasteiger partial charge < -0.3 is 10.2 Å². The fourth-order valence-electron chi connectivity index (χ4n) is 3.19. The molecule has 1 aliphatic rings. The molecule has 1 N–H and O–H groups in total. The molecule has 0 spiro atoms. The van der Waals surface area contributed by atoms with Crippen LogP contribution in [-0.4, -0.2) is 30.1 Å². The smallest absolute Gasteiger partial charge is 0.224 e. The molecule has 1 saturated heterocycles. The number of nitrogens with zero attached hydrogens (tertiary/aromatic N) is 3. The van der Waals surface area contributed by atoms with Crippen molar-refractivity contribution in [2.24, 2.45) is 11.8 Å². The van der Waals surface area contributed by atoms with Crippen LogP contribution in [0.4, 0.5) is 11.8 Å². The number of hydrogen-bond donors (Lipinski definition) is 1. The summed E-state index contributed by atoms with van der Waals surface area (Å²) in [5.74, 6) is 3.40. The van der Waals surface area contributed by atoms with E-state index < -0.39 is 0 Å². The Morgan fingerprint density at radius 2 is 1.86 bits per heavy atom. The lowest BCUT2D eigenvalue weighted by molar-refractivity contribution is 0.311. The molecule has 0 saturated carbocycles. The van der Waals surface area contributed by atoms with Crippen LogP contribution >= 0.6 is 0 Å². The van der Waals surface area contributed by atoms with E-state index in [1.807, 2.05) is 13.1 Å². The Bertz CT molecular complexity index is 615. The Hall–Kier alpha value is -1.84. The van der Waals surface area contributed by atoms with Gasteiger partial charge in [0, 0.05) is 25.5 Å². The number of hydrogen-bond acceptors (Lipinski definition) is 4. The van der Waals surface area contributed by atoms with Crippen molar-refractivity contribution in [1.29, 1.82) is 0 Å². The average molecular weight is 284 g/mol. The highest BCUT2D eigenvalue weighted by atomic mass is 15.2. The van der Waals surface area contributed by atoms with E-state index >= 15 is 0 Å². The fraction of sp³-hybridized carbons (Fsp3) is 0.529. The summed E-state index contributed by atoms with van der Waals surface area (Å²) in [6, 6.07) is 8.28. The van der Waals surface area contributed by atoms with Crippen LogP contribution in [0.2, 0.25) is 0 Å². The van der Waals surface area contributed by atoms with Crippen molar-refractivity contribution >= 4 is 22.7 Å². The Morgan fingerprint density at radius 1 is 1.14 bits per heavy atom. The molecule has 1 aliphatic heterocycles. The molecule has 3 rings (SSSR count). The van der Waals surface area contributed by atoms with Gasteiger partial charge >= 0.3 is 0 Å². The molecule has 2 aromatic rings. The van der Waals surface area contributed by atoms with Crippen LogP contribution in [0.3, 0.4) is 0 Å². The predicted molar refractivity (Wildman–Crippen MR) is 88.9 cm³/mol. The van der Waals surface area contributed by atoms with E-state index in [0.29, 0.717) is 5.95 Å². The summed E-state index contributed by atoms with van der Waals surface area (Å²) >= 11 is 0. The maximum Gasteiger partial charge on any atom is 0.224 e. The molecule has 0 atom stereocenters.